The van der Waals surface area contributed by atoms with Crippen molar-refractivity contribution in [1.82, 2.24) is 0 Å². The van der Waals surface area contributed by atoms with Crippen LogP contribution in [-0.4, -0.2) is 5.91 Å². The maximum absolute atomic E-state index is 11.6. The summed E-state index contributed by atoms with van der Waals surface area (Å²) in [5.41, 5.74) is 7.12. The van der Waals surface area contributed by atoms with Gasteiger partial charge in [-0.15, -0.1) is 11.3 Å². The van der Waals surface area contributed by atoms with Crippen LogP contribution < -0.4 is 11.1 Å². The van der Waals surface area contributed by atoms with Gasteiger partial charge >= 0.3 is 0 Å². The van der Waals surface area contributed by atoms with E-state index in [1.807, 2.05) is 11.3 Å². The van der Waals surface area contributed by atoms with Gasteiger partial charge in [-0.05, 0) is 31.2 Å². The summed E-state index contributed by atoms with van der Waals surface area (Å²) in [5.74, 6) is 0.811. The minimum absolute atomic E-state index is 0.0316. The van der Waals surface area contributed by atoms with Crippen molar-refractivity contribution in [2.75, 3.05) is 5.32 Å². The number of hydrogen-bond donors (Lipinski definition) is 2. The molecule has 0 aromatic carbocycles. The summed E-state index contributed by atoms with van der Waals surface area (Å²) >= 11 is 1.82. The highest BCUT2D eigenvalue weighted by Crippen LogP contribution is 2.43. The Morgan fingerprint density at radius 3 is 2.82 bits per heavy atom. The number of amides is 1. The van der Waals surface area contributed by atoms with Gasteiger partial charge in [0.2, 0.25) is 5.91 Å². The zero-order valence-corrected chi connectivity index (χ0v) is 10.7. The van der Waals surface area contributed by atoms with Crippen molar-refractivity contribution >= 4 is 22.9 Å². The van der Waals surface area contributed by atoms with Crippen LogP contribution in [0.5, 0.6) is 0 Å². The normalized spacial score (nSPS) is 25.5. The molecule has 0 spiro atoms. The van der Waals surface area contributed by atoms with Gasteiger partial charge in [-0.2, -0.15) is 0 Å². The molecule has 92 valence electrons. The quantitative estimate of drug-likeness (QED) is 0.804. The second kappa shape index (κ2) is 4.42. The Labute approximate surface area is 105 Å². The van der Waals surface area contributed by atoms with Crippen LogP contribution in [0.2, 0.25) is 0 Å². The van der Waals surface area contributed by atoms with E-state index >= 15 is 0 Å². The molecule has 3 rings (SSSR count). The molecule has 1 fully saturated rings. The average molecular weight is 250 g/mol. The van der Waals surface area contributed by atoms with Crippen LogP contribution in [0.1, 0.15) is 60.2 Å². The van der Waals surface area contributed by atoms with Gasteiger partial charge in [0, 0.05) is 22.2 Å². The summed E-state index contributed by atoms with van der Waals surface area (Å²) in [6.07, 6.45) is 6.58. The summed E-state index contributed by atoms with van der Waals surface area (Å²) in [6.45, 7) is 0. The van der Waals surface area contributed by atoms with Crippen LogP contribution >= 0.6 is 11.3 Å². The number of thiophene rings is 1. The second-order valence-electron chi connectivity index (χ2n) is 5.10. The van der Waals surface area contributed by atoms with Crippen molar-refractivity contribution in [3.8, 4) is 0 Å². The number of nitrogens with one attached hydrogen (secondary N) is 1. The molecule has 17 heavy (non-hydrogen) atoms. The van der Waals surface area contributed by atoms with Crippen LogP contribution in [0, 0.1) is 0 Å². The van der Waals surface area contributed by atoms with Crippen molar-refractivity contribution in [3.05, 3.63) is 15.8 Å². The van der Waals surface area contributed by atoms with Gasteiger partial charge in [-0.3, -0.25) is 4.79 Å². The molecule has 1 aromatic heterocycles. The van der Waals surface area contributed by atoms with Gasteiger partial charge in [-0.25, -0.2) is 0 Å². The SMILES string of the molecule is NC1CCC(=O)Nc2cc(C3CCCC3)sc21. The number of fused-ring (bicyclic) bond motifs is 1. The predicted molar refractivity (Wildman–Crippen MR) is 70.3 cm³/mol. The topological polar surface area (TPSA) is 55.1 Å². The number of anilines is 1. The Balaban J connectivity index is 1.92. The molecular formula is C13H18N2OS. The highest BCUT2D eigenvalue weighted by Gasteiger charge is 2.26. The van der Waals surface area contributed by atoms with Crippen LogP contribution in [0.3, 0.4) is 0 Å². The summed E-state index contributed by atoms with van der Waals surface area (Å²) in [6, 6.07) is 2.20. The van der Waals surface area contributed by atoms with Gasteiger partial charge in [0.25, 0.3) is 0 Å². The highest BCUT2D eigenvalue weighted by molar-refractivity contribution is 7.12. The maximum atomic E-state index is 11.6. The first-order chi connectivity index (χ1) is 8.24. The molecule has 1 aliphatic carbocycles. The third-order valence-corrected chi connectivity index (χ3v) is 5.26. The fourth-order valence-corrected chi connectivity index (χ4v) is 4.16. The van der Waals surface area contributed by atoms with E-state index in [0.717, 1.165) is 12.1 Å². The molecular weight excluding hydrogens is 232 g/mol. The fraction of sp³-hybridized carbons (Fsp3) is 0.615. The maximum Gasteiger partial charge on any atom is 0.224 e. The Bertz CT molecular complexity index is 435. The van der Waals surface area contributed by atoms with Gasteiger partial charge in [0.15, 0.2) is 0 Å². The minimum atomic E-state index is 0.0316. The lowest BCUT2D eigenvalue weighted by Crippen LogP contribution is -2.09. The molecule has 1 saturated carbocycles. The largest absolute Gasteiger partial charge is 0.325 e. The number of carbonyl (C=O) groups is 1. The molecule has 0 saturated heterocycles. The van der Waals surface area contributed by atoms with Crippen molar-refractivity contribution in [1.29, 1.82) is 0 Å². The first-order valence-electron chi connectivity index (χ1n) is 6.43. The summed E-state index contributed by atoms with van der Waals surface area (Å²) in [4.78, 5) is 14.2. The van der Waals surface area contributed by atoms with E-state index in [1.165, 1.54) is 35.4 Å². The molecule has 3 nitrogen and oxygen atoms in total. The molecule has 3 N–H and O–H groups in total. The Morgan fingerprint density at radius 1 is 1.29 bits per heavy atom. The van der Waals surface area contributed by atoms with E-state index in [4.69, 9.17) is 5.73 Å². The first kappa shape index (κ1) is 11.2. The molecule has 1 amide bonds. The third kappa shape index (κ3) is 2.11. The summed E-state index contributed by atoms with van der Waals surface area (Å²) < 4.78 is 0. The van der Waals surface area contributed by atoms with E-state index in [1.54, 1.807) is 0 Å². The average Bonchev–Trinajstić information content (AvgIpc) is 2.91. The van der Waals surface area contributed by atoms with Gasteiger partial charge in [-0.1, -0.05) is 12.8 Å². The Kier molecular flexibility index (Phi) is 2.92. The van der Waals surface area contributed by atoms with Crippen molar-refractivity contribution in [2.24, 2.45) is 5.73 Å². The fourth-order valence-electron chi connectivity index (χ4n) is 2.84. The van der Waals surface area contributed by atoms with E-state index in [2.05, 4.69) is 11.4 Å². The lowest BCUT2D eigenvalue weighted by Gasteiger charge is -2.07. The molecule has 1 aromatic rings. The highest BCUT2D eigenvalue weighted by atomic mass is 32.1. The molecule has 4 heteroatoms. The molecule has 0 bridgehead atoms. The van der Waals surface area contributed by atoms with Crippen LogP contribution in [0.25, 0.3) is 0 Å². The Morgan fingerprint density at radius 2 is 2.06 bits per heavy atom. The van der Waals surface area contributed by atoms with Gasteiger partial charge in [0.05, 0.1) is 5.69 Å². The molecule has 1 atom stereocenters. The standard InChI is InChI=1S/C13H18N2OS/c14-9-5-6-12(16)15-10-7-11(17-13(9)10)8-3-1-2-4-8/h7-9H,1-6,14H2,(H,15,16). The zero-order valence-electron chi connectivity index (χ0n) is 9.87. The second-order valence-corrected chi connectivity index (χ2v) is 6.22. The summed E-state index contributed by atoms with van der Waals surface area (Å²) in [7, 11) is 0. The van der Waals surface area contributed by atoms with Crippen LogP contribution in [0.4, 0.5) is 5.69 Å². The van der Waals surface area contributed by atoms with E-state index in [9.17, 15) is 4.79 Å². The monoisotopic (exact) mass is 250 g/mol. The smallest absolute Gasteiger partial charge is 0.224 e. The molecule has 2 heterocycles. The van der Waals surface area contributed by atoms with Crippen molar-refractivity contribution in [3.63, 3.8) is 0 Å². The molecule has 1 aliphatic heterocycles. The van der Waals surface area contributed by atoms with Crippen LogP contribution in [0.15, 0.2) is 6.07 Å². The summed E-state index contributed by atoms with van der Waals surface area (Å²) in [5, 5.41) is 2.99. The van der Waals surface area contributed by atoms with E-state index < -0.39 is 0 Å². The first-order valence-corrected chi connectivity index (χ1v) is 7.25. The number of hydrogen-bond acceptors (Lipinski definition) is 3. The van der Waals surface area contributed by atoms with Crippen molar-refractivity contribution in [2.45, 2.75) is 50.5 Å². The minimum Gasteiger partial charge on any atom is -0.325 e. The Hall–Kier alpha value is -0.870. The number of carbonyl (C=O) groups excluding carboxylic acids is 1. The third-order valence-electron chi connectivity index (χ3n) is 3.83. The number of nitrogens with two attached hydrogens (primary N) is 1. The molecule has 2 aliphatic rings. The number of rotatable bonds is 1. The lowest BCUT2D eigenvalue weighted by molar-refractivity contribution is -0.116. The van der Waals surface area contributed by atoms with E-state index in [-0.39, 0.29) is 11.9 Å². The zero-order chi connectivity index (χ0) is 11.8. The molecule has 1 unspecified atom stereocenters. The lowest BCUT2D eigenvalue weighted by atomic mass is 10.1. The van der Waals surface area contributed by atoms with Gasteiger partial charge < -0.3 is 11.1 Å². The predicted octanol–water partition coefficient (Wildman–Crippen LogP) is 3.14. The van der Waals surface area contributed by atoms with Crippen LogP contribution in [-0.2, 0) is 4.79 Å². The van der Waals surface area contributed by atoms with E-state index in [0.29, 0.717) is 12.3 Å². The van der Waals surface area contributed by atoms with Gasteiger partial charge in [0.1, 0.15) is 0 Å². The van der Waals surface area contributed by atoms with Crippen molar-refractivity contribution < 1.29 is 4.79 Å². The molecule has 0 radical (unpaired) electrons.